The van der Waals surface area contributed by atoms with Crippen molar-refractivity contribution in [2.24, 2.45) is 12.8 Å². The van der Waals surface area contributed by atoms with Gasteiger partial charge in [0, 0.05) is 30.6 Å². The summed E-state index contributed by atoms with van der Waals surface area (Å²) in [6.07, 6.45) is 3.96. The minimum atomic E-state index is -0.923. The first-order chi connectivity index (χ1) is 16.0. The molecule has 33 heavy (non-hydrogen) atoms. The number of aromatic nitrogens is 4. The number of rotatable bonds is 7. The Kier molecular flexibility index (Phi) is 6.12. The molecule has 0 aliphatic rings. The lowest BCUT2D eigenvalue weighted by Gasteiger charge is -2.14. The number of carbonyl (C=O) groups excluding carboxylic acids is 2. The van der Waals surface area contributed by atoms with Gasteiger partial charge in [0.05, 0.1) is 18.1 Å². The van der Waals surface area contributed by atoms with Gasteiger partial charge in [0.2, 0.25) is 5.95 Å². The first-order valence-corrected chi connectivity index (χ1v) is 9.80. The van der Waals surface area contributed by atoms with Crippen LogP contribution in [-0.2, 0) is 7.05 Å². The average Bonchev–Trinajstić information content (AvgIpc) is 3.20. The highest BCUT2D eigenvalue weighted by Crippen LogP contribution is 2.27. The Morgan fingerprint density at radius 2 is 1.82 bits per heavy atom. The number of aryl methyl sites for hydroxylation is 1. The number of ether oxygens (including phenoxy) is 1. The molecule has 2 amide bonds. The fraction of sp³-hybridized carbons (Fsp3) is 0.0455. The van der Waals surface area contributed by atoms with Crippen molar-refractivity contribution in [3.8, 4) is 5.75 Å². The van der Waals surface area contributed by atoms with Gasteiger partial charge in [-0.3, -0.25) is 9.48 Å². The number of nitrogens with zero attached hydrogens (tertiary/aromatic N) is 4. The predicted octanol–water partition coefficient (Wildman–Crippen LogP) is 3.41. The maximum atomic E-state index is 12.7. The van der Waals surface area contributed by atoms with Crippen molar-refractivity contribution in [1.29, 1.82) is 0 Å². The normalized spacial score (nSPS) is 10.3. The van der Waals surface area contributed by atoms with Gasteiger partial charge >= 0.3 is 6.09 Å². The maximum absolute atomic E-state index is 12.7. The number of amides is 2. The molecule has 0 radical (unpaired) electrons. The molecule has 0 saturated heterocycles. The summed E-state index contributed by atoms with van der Waals surface area (Å²) in [5.74, 6) is 0.538. The van der Waals surface area contributed by atoms with Crippen LogP contribution in [-0.4, -0.2) is 31.7 Å². The van der Waals surface area contributed by atoms with E-state index in [1.165, 1.54) is 6.20 Å². The number of carbonyl (C=O) groups is 2. The molecule has 0 spiro atoms. The monoisotopic (exact) mass is 444 g/mol. The van der Waals surface area contributed by atoms with Gasteiger partial charge in [-0.1, -0.05) is 24.3 Å². The fourth-order valence-electron chi connectivity index (χ4n) is 2.92. The van der Waals surface area contributed by atoms with E-state index < -0.39 is 6.09 Å². The van der Waals surface area contributed by atoms with Crippen molar-refractivity contribution in [2.75, 3.05) is 16.0 Å². The van der Waals surface area contributed by atoms with Crippen LogP contribution in [0, 0.1) is 0 Å². The molecule has 4 aromatic rings. The number of benzene rings is 2. The first-order valence-electron chi connectivity index (χ1n) is 9.80. The molecule has 0 aliphatic heterocycles. The molecular weight excluding hydrogens is 424 g/mol. The lowest BCUT2D eigenvalue weighted by molar-refractivity contribution is 0.102. The van der Waals surface area contributed by atoms with E-state index in [-0.39, 0.29) is 17.6 Å². The van der Waals surface area contributed by atoms with E-state index in [9.17, 15) is 9.59 Å². The molecule has 11 heteroatoms. The maximum Gasteiger partial charge on any atom is 0.409 e. The van der Waals surface area contributed by atoms with Gasteiger partial charge in [-0.15, -0.1) is 0 Å². The second kappa shape index (κ2) is 9.47. The highest BCUT2D eigenvalue weighted by atomic mass is 16.5. The zero-order chi connectivity index (χ0) is 23.2. The number of hydrogen-bond acceptors (Lipinski definition) is 8. The third kappa shape index (κ3) is 5.61. The number of hydrogen-bond donors (Lipinski definition) is 4. The third-order valence-electron chi connectivity index (χ3n) is 4.35. The Labute approximate surface area is 188 Å². The van der Waals surface area contributed by atoms with Crippen molar-refractivity contribution >= 4 is 40.8 Å². The molecular formula is C22H20N8O3. The Hall–Kier alpha value is -4.93. The van der Waals surface area contributed by atoms with Crippen molar-refractivity contribution < 1.29 is 14.3 Å². The van der Waals surface area contributed by atoms with Crippen molar-refractivity contribution in [3.63, 3.8) is 0 Å². The number of nitrogens with one attached hydrogen (secondary N) is 3. The largest absolute Gasteiger partial charge is 0.410 e. The van der Waals surface area contributed by atoms with Gasteiger partial charge in [-0.05, 0) is 24.3 Å². The molecule has 2 heterocycles. The van der Waals surface area contributed by atoms with E-state index in [2.05, 4.69) is 31.0 Å². The SMILES string of the molecule is Cn1cc(Nc2ncc(NC(=O)c3ccccc3)c(Nc3cccc(OC(N)=O)c3)n2)cn1. The molecule has 166 valence electrons. The summed E-state index contributed by atoms with van der Waals surface area (Å²) in [6, 6.07) is 15.4. The van der Waals surface area contributed by atoms with Crippen LogP contribution in [0.15, 0.2) is 73.2 Å². The van der Waals surface area contributed by atoms with Gasteiger partial charge in [0.1, 0.15) is 11.4 Å². The van der Waals surface area contributed by atoms with Gasteiger partial charge in [0.25, 0.3) is 5.91 Å². The van der Waals surface area contributed by atoms with E-state index in [1.807, 2.05) is 6.07 Å². The van der Waals surface area contributed by atoms with Crippen LogP contribution in [0.4, 0.5) is 33.6 Å². The Balaban J connectivity index is 1.63. The number of primary amides is 1. The summed E-state index contributed by atoms with van der Waals surface area (Å²) in [4.78, 5) is 32.5. The molecule has 0 atom stereocenters. The molecule has 11 nitrogen and oxygen atoms in total. The molecule has 4 rings (SSSR count). The van der Waals surface area contributed by atoms with Crippen molar-refractivity contribution in [1.82, 2.24) is 19.7 Å². The Morgan fingerprint density at radius 1 is 1.00 bits per heavy atom. The minimum absolute atomic E-state index is 0.255. The highest BCUT2D eigenvalue weighted by Gasteiger charge is 2.13. The molecule has 5 N–H and O–H groups in total. The van der Waals surface area contributed by atoms with Crippen LogP contribution >= 0.6 is 0 Å². The summed E-state index contributed by atoms with van der Waals surface area (Å²) in [5, 5.41) is 13.1. The number of anilines is 5. The summed E-state index contributed by atoms with van der Waals surface area (Å²) < 4.78 is 6.56. The molecule has 0 aliphatic carbocycles. The van der Waals surface area contributed by atoms with Gasteiger partial charge in [0.15, 0.2) is 5.82 Å². The van der Waals surface area contributed by atoms with E-state index in [0.717, 1.165) is 0 Å². The Bertz CT molecular complexity index is 1290. The van der Waals surface area contributed by atoms with Crippen molar-refractivity contribution in [2.45, 2.75) is 0 Å². The minimum Gasteiger partial charge on any atom is -0.410 e. The summed E-state index contributed by atoms with van der Waals surface area (Å²) >= 11 is 0. The van der Waals surface area contributed by atoms with Crippen LogP contribution in [0.3, 0.4) is 0 Å². The van der Waals surface area contributed by atoms with E-state index in [0.29, 0.717) is 28.4 Å². The molecule has 2 aromatic heterocycles. The summed E-state index contributed by atoms with van der Waals surface area (Å²) in [7, 11) is 1.79. The molecule has 0 saturated carbocycles. The average molecular weight is 444 g/mol. The van der Waals surface area contributed by atoms with Gasteiger partial charge in [-0.2, -0.15) is 10.1 Å². The number of nitrogens with two attached hydrogens (primary N) is 1. The van der Waals surface area contributed by atoms with Crippen LogP contribution in [0.25, 0.3) is 0 Å². The van der Waals surface area contributed by atoms with E-state index in [4.69, 9.17) is 10.5 Å². The lowest BCUT2D eigenvalue weighted by atomic mass is 10.2. The van der Waals surface area contributed by atoms with Crippen LogP contribution < -0.4 is 26.4 Å². The smallest absolute Gasteiger partial charge is 0.409 e. The summed E-state index contributed by atoms with van der Waals surface area (Å²) in [6.45, 7) is 0. The summed E-state index contributed by atoms with van der Waals surface area (Å²) in [5.41, 5.74) is 7.17. The molecule has 0 fully saturated rings. The van der Waals surface area contributed by atoms with Crippen LogP contribution in [0.5, 0.6) is 5.75 Å². The van der Waals surface area contributed by atoms with E-state index >= 15 is 0 Å². The van der Waals surface area contributed by atoms with Crippen LogP contribution in [0.2, 0.25) is 0 Å². The van der Waals surface area contributed by atoms with Gasteiger partial charge in [-0.25, -0.2) is 9.78 Å². The first kappa shape index (κ1) is 21.3. The second-order valence-electron chi connectivity index (χ2n) is 6.88. The Morgan fingerprint density at radius 3 is 2.55 bits per heavy atom. The predicted molar refractivity (Wildman–Crippen MR) is 123 cm³/mol. The van der Waals surface area contributed by atoms with Gasteiger partial charge < -0.3 is 26.4 Å². The molecule has 2 aromatic carbocycles. The third-order valence-corrected chi connectivity index (χ3v) is 4.35. The lowest BCUT2D eigenvalue weighted by Crippen LogP contribution is -2.16. The molecule has 0 unspecified atom stereocenters. The zero-order valence-corrected chi connectivity index (χ0v) is 17.5. The van der Waals surface area contributed by atoms with Crippen molar-refractivity contribution in [3.05, 3.63) is 78.8 Å². The molecule has 0 bridgehead atoms. The second-order valence-corrected chi connectivity index (χ2v) is 6.88. The fourth-order valence-corrected chi connectivity index (χ4v) is 2.92. The van der Waals surface area contributed by atoms with Crippen LogP contribution in [0.1, 0.15) is 10.4 Å². The topological polar surface area (TPSA) is 149 Å². The van der Waals surface area contributed by atoms with E-state index in [1.54, 1.807) is 72.7 Å². The zero-order valence-electron chi connectivity index (χ0n) is 17.5. The quantitative estimate of drug-likeness (QED) is 0.339. The standard InChI is InChI=1S/C22H20N8O3/c1-30-13-16(11-25-30)27-22-24-12-18(28-20(31)14-6-3-2-4-7-14)19(29-22)26-15-8-5-9-17(10-15)33-21(23)32/h2-13H,1H3,(H2,23,32)(H,28,31)(H2,24,26,27,29). The highest BCUT2D eigenvalue weighted by molar-refractivity contribution is 6.05.